The van der Waals surface area contributed by atoms with Crippen LogP contribution in [0.4, 0.5) is 0 Å². The van der Waals surface area contributed by atoms with Crippen LogP contribution in [0.5, 0.6) is 0 Å². The molecule has 1 aromatic rings. The Morgan fingerprint density at radius 3 is 2.71 bits per heavy atom. The van der Waals surface area contributed by atoms with E-state index in [9.17, 15) is 0 Å². The van der Waals surface area contributed by atoms with Gasteiger partial charge in [-0.2, -0.15) is 5.26 Å². The molecule has 1 aromatic carbocycles. The van der Waals surface area contributed by atoms with E-state index in [0.29, 0.717) is 13.0 Å². The van der Waals surface area contributed by atoms with Crippen molar-refractivity contribution in [3.05, 3.63) is 35.9 Å². The highest BCUT2D eigenvalue weighted by molar-refractivity contribution is 5.22. The molecule has 0 saturated carbocycles. The molecule has 3 nitrogen and oxygen atoms in total. The molecule has 2 N–H and O–H groups in total. The first-order chi connectivity index (χ1) is 6.73. The van der Waals surface area contributed by atoms with Crippen molar-refractivity contribution in [2.45, 2.75) is 18.1 Å². The van der Waals surface area contributed by atoms with E-state index in [1.165, 1.54) is 0 Å². The Kier molecular flexibility index (Phi) is 2.24. The van der Waals surface area contributed by atoms with E-state index >= 15 is 0 Å². The number of nitriles is 1. The van der Waals surface area contributed by atoms with Gasteiger partial charge in [0.1, 0.15) is 5.54 Å². The minimum Gasteiger partial charge on any atom is -0.370 e. The summed E-state index contributed by atoms with van der Waals surface area (Å²) in [5.74, 6) is 0. The summed E-state index contributed by atoms with van der Waals surface area (Å²) < 4.78 is 5.50. The quantitative estimate of drug-likeness (QED) is 0.724. The minimum absolute atomic E-state index is 0.0270. The largest absolute Gasteiger partial charge is 0.370 e. The summed E-state index contributed by atoms with van der Waals surface area (Å²) in [6, 6.07) is 12.0. The van der Waals surface area contributed by atoms with Gasteiger partial charge in [0.05, 0.1) is 18.8 Å². The maximum Gasteiger partial charge on any atom is 0.130 e. The number of hydrogen-bond acceptors (Lipinski definition) is 3. The number of rotatable bonds is 1. The van der Waals surface area contributed by atoms with Crippen molar-refractivity contribution < 1.29 is 4.74 Å². The number of nitrogens with two attached hydrogens (primary N) is 1. The van der Waals surface area contributed by atoms with Gasteiger partial charge in [-0.25, -0.2) is 0 Å². The highest BCUT2D eigenvalue weighted by Crippen LogP contribution is 2.32. The van der Waals surface area contributed by atoms with Crippen molar-refractivity contribution in [1.29, 1.82) is 5.26 Å². The zero-order chi connectivity index (χ0) is 10.0. The summed E-state index contributed by atoms with van der Waals surface area (Å²) in [5, 5.41) is 8.83. The molecule has 0 amide bonds. The van der Waals surface area contributed by atoms with Gasteiger partial charge < -0.3 is 10.5 Å². The minimum atomic E-state index is -0.805. The van der Waals surface area contributed by atoms with Crippen molar-refractivity contribution in [3.63, 3.8) is 0 Å². The molecule has 0 unspecified atom stereocenters. The summed E-state index contributed by atoms with van der Waals surface area (Å²) in [6.07, 6.45) is 0.550. The topological polar surface area (TPSA) is 59.0 Å². The smallest absolute Gasteiger partial charge is 0.130 e. The van der Waals surface area contributed by atoms with E-state index < -0.39 is 5.54 Å². The molecule has 1 saturated heterocycles. The number of hydrogen-bond donors (Lipinski definition) is 1. The van der Waals surface area contributed by atoms with Gasteiger partial charge in [-0.3, -0.25) is 0 Å². The van der Waals surface area contributed by atoms with Crippen molar-refractivity contribution in [2.75, 3.05) is 6.61 Å². The zero-order valence-corrected chi connectivity index (χ0v) is 7.81. The van der Waals surface area contributed by atoms with Gasteiger partial charge in [0, 0.05) is 6.42 Å². The highest BCUT2D eigenvalue weighted by atomic mass is 16.5. The number of nitrogens with zero attached hydrogens (tertiary/aromatic N) is 1. The molecule has 0 aromatic heterocycles. The highest BCUT2D eigenvalue weighted by Gasteiger charge is 2.37. The second-order valence-electron chi connectivity index (χ2n) is 3.68. The van der Waals surface area contributed by atoms with E-state index in [1.807, 2.05) is 30.3 Å². The Labute approximate surface area is 83.1 Å². The van der Waals surface area contributed by atoms with Crippen molar-refractivity contribution >= 4 is 0 Å². The van der Waals surface area contributed by atoms with E-state index in [4.69, 9.17) is 15.7 Å². The predicted octanol–water partition coefficient (Wildman–Crippen LogP) is 1.37. The van der Waals surface area contributed by atoms with Crippen molar-refractivity contribution in [3.8, 4) is 6.07 Å². The summed E-state index contributed by atoms with van der Waals surface area (Å²) in [7, 11) is 0. The molecule has 3 heteroatoms. The van der Waals surface area contributed by atoms with Gasteiger partial charge in [-0.1, -0.05) is 30.3 Å². The lowest BCUT2D eigenvalue weighted by atomic mass is 9.96. The monoisotopic (exact) mass is 188 g/mol. The normalized spacial score (nSPS) is 31.3. The van der Waals surface area contributed by atoms with Crippen LogP contribution < -0.4 is 5.73 Å². The van der Waals surface area contributed by atoms with Crippen LogP contribution in [0.2, 0.25) is 0 Å². The van der Waals surface area contributed by atoms with E-state index in [2.05, 4.69) is 6.07 Å². The van der Waals surface area contributed by atoms with Gasteiger partial charge in [-0.05, 0) is 5.56 Å². The second-order valence-corrected chi connectivity index (χ2v) is 3.68. The molecule has 0 spiro atoms. The first-order valence-electron chi connectivity index (χ1n) is 4.60. The standard InChI is InChI=1S/C11H12N2O/c12-7-11(13)6-10(14-8-11)9-4-2-1-3-5-9/h1-5,10H,6,8,13H2/t10-,11-/m0/s1. The average Bonchev–Trinajstić information content (AvgIpc) is 2.63. The van der Waals surface area contributed by atoms with Crippen LogP contribution >= 0.6 is 0 Å². The van der Waals surface area contributed by atoms with Crippen LogP contribution in [0.15, 0.2) is 30.3 Å². The fourth-order valence-electron chi connectivity index (χ4n) is 1.66. The van der Waals surface area contributed by atoms with Crippen LogP contribution in [0.25, 0.3) is 0 Å². The van der Waals surface area contributed by atoms with Crippen LogP contribution in [-0.2, 0) is 4.74 Å². The Bertz CT molecular complexity index is 357. The molecule has 0 aliphatic carbocycles. The van der Waals surface area contributed by atoms with Gasteiger partial charge in [-0.15, -0.1) is 0 Å². The lowest BCUT2D eigenvalue weighted by Crippen LogP contribution is -2.38. The van der Waals surface area contributed by atoms with Gasteiger partial charge >= 0.3 is 0 Å². The number of ether oxygens (including phenoxy) is 1. The lowest BCUT2D eigenvalue weighted by Gasteiger charge is -2.11. The van der Waals surface area contributed by atoms with Crippen LogP contribution in [0, 0.1) is 11.3 Å². The second kappa shape index (κ2) is 3.41. The SMILES string of the molecule is N#C[C@]1(N)CO[C@H](c2ccccc2)C1. The molecule has 14 heavy (non-hydrogen) atoms. The maximum atomic E-state index is 8.83. The summed E-state index contributed by atoms with van der Waals surface area (Å²) >= 11 is 0. The molecular weight excluding hydrogens is 176 g/mol. The van der Waals surface area contributed by atoms with E-state index in [0.717, 1.165) is 5.56 Å². The molecular formula is C11H12N2O. The first kappa shape index (κ1) is 9.20. The van der Waals surface area contributed by atoms with Crippen LogP contribution in [0.3, 0.4) is 0 Å². The fourth-order valence-corrected chi connectivity index (χ4v) is 1.66. The molecule has 1 heterocycles. The molecule has 72 valence electrons. The predicted molar refractivity (Wildman–Crippen MR) is 52.3 cm³/mol. The van der Waals surface area contributed by atoms with Gasteiger partial charge in [0.2, 0.25) is 0 Å². The van der Waals surface area contributed by atoms with Crippen LogP contribution in [0.1, 0.15) is 18.1 Å². The maximum absolute atomic E-state index is 8.83. The third-order valence-electron chi connectivity index (χ3n) is 2.49. The van der Waals surface area contributed by atoms with Crippen LogP contribution in [-0.4, -0.2) is 12.1 Å². The van der Waals surface area contributed by atoms with Gasteiger partial charge in [0.15, 0.2) is 0 Å². The molecule has 2 atom stereocenters. The molecule has 0 radical (unpaired) electrons. The molecule has 1 fully saturated rings. The van der Waals surface area contributed by atoms with E-state index in [-0.39, 0.29) is 6.10 Å². The Morgan fingerprint density at radius 2 is 2.14 bits per heavy atom. The third kappa shape index (κ3) is 1.63. The zero-order valence-electron chi connectivity index (χ0n) is 7.81. The van der Waals surface area contributed by atoms with Crippen molar-refractivity contribution in [1.82, 2.24) is 0 Å². The average molecular weight is 188 g/mol. The molecule has 2 rings (SSSR count). The summed E-state index contributed by atoms with van der Waals surface area (Å²) in [4.78, 5) is 0. The first-order valence-corrected chi connectivity index (χ1v) is 4.60. The summed E-state index contributed by atoms with van der Waals surface area (Å²) in [6.45, 7) is 0.322. The van der Waals surface area contributed by atoms with E-state index in [1.54, 1.807) is 0 Å². The number of benzene rings is 1. The lowest BCUT2D eigenvalue weighted by molar-refractivity contribution is 0.108. The molecule has 0 bridgehead atoms. The molecule has 1 aliphatic heterocycles. The third-order valence-corrected chi connectivity index (χ3v) is 2.49. The summed E-state index contributed by atoms with van der Waals surface area (Å²) in [5.41, 5.74) is 6.09. The van der Waals surface area contributed by atoms with Gasteiger partial charge in [0.25, 0.3) is 0 Å². The fraction of sp³-hybridized carbons (Fsp3) is 0.364. The Hall–Kier alpha value is -1.37. The Morgan fingerprint density at radius 1 is 1.43 bits per heavy atom. The van der Waals surface area contributed by atoms with Crippen molar-refractivity contribution in [2.24, 2.45) is 5.73 Å². The molecule has 1 aliphatic rings. The Balaban J connectivity index is 2.15.